The Morgan fingerprint density at radius 1 is 1.10 bits per heavy atom. The van der Waals surface area contributed by atoms with Gasteiger partial charge in [-0.15, -0.1) is 0 Å². The number of aryl methyl sites for hydroxylation is 1. The van der Waals surface area contributed by atoms with Gasteiger partial charge in [-0.2, -0.15) is 0 Å². The van der Waals surface area contributed by atoms with Gasteiger partial charge in [0.1, 0.15) is 0 Å². The number of amides is 1. The molecule has 0 radical (unpaired) electrons. The zero-order chi connectivity index (χ0) is 21.0. The zero-order valence-corrected chi connectivity index (χ0v) is 16.6. The van der Waals surface area contributed by atoms with Crippen LogP contribution in [0.5, 0.6) is 0 Å². The van der Waals surface area contributed by atoms with Crippen molar-refractivity contribution in [3.05, 3.63) is 88.1 Å². The second-order valence-electron chi connectivity index (χ2n) is 6.78. The van der Waals surface area contributed by atoms with E-state index in [1.807, 2.05) is 37.3 Å². The summed E-state index contributed by atoms with van der Waals surface area (Å²) in [6.07, 6.45) is 1.61. The van der Waals surface area contributed by atoms with Crippen molar-refractivity contribution in [2.45, 2.75) is 19.9 Å². The number of likely N-dealkylation sites (N-methyl/N-ethyl adjacent to an activating group) is 1. The lowest BCUT2D eigenvalue weighted by atomic mass is 10.1. The Bertz CT molecular complexity index is 1050. The van der Waals surface area contributed by atoms with E-state index in [9.17, 15) is 14.4 Å². The smallest absolute Gasteiger partial charge is 0.338 e. The van der Waals surface area contributed by atoms with Gasteiger partial charge in [0.2, 0.25) is 0 Å². The average molecular weight is 393 g/mol. The first kappa shape index (κ1) is 20.1. The highest BCUT2D eigenvalue weighted by molar-refractivity contribution is 5.91. The highest BCUT2D eigenvalue weighted by atomic mass is 16.5. The monoisotopic (exact) mass is 393 g/mol. The number of imidazole rings is 1. The van der Waals surface area contributed by atoms with Gasteiger partial charge in [-0.05, 0) is 43.7 Å². The number of aromatic nitrogens is 2. The Labute approximate surface area is 168 Å². The molecule has 0 aliphatic carbocycles. The third-order valence-corrected chi connectivity index (χ3v) is 4.90. The summed E-state index contributed by atoms with van der Waals surface area (Å²) in [6.45, 7) is 3.38. The minimum Gasteiger partial charge on any atom is -0.452 e. The van der Waals surface area contributed by atoms with E-state index in [0.29, 0.717) is 11.3 Å². The second kappa shape index (κ2) is 8.60. The van der Waals surface area contributed by atoms with Crippen LogP contribution in [0.3, 0.4) is 0 Å². The quantitative estimate of drug-likeness (QED) is 0.653. The predicted molar refractivity (Wildman–Crippen MR) is 109 cm³/mol. The van der Waals surface area contributed by atoms with E-state index >= 15 is 0 Å². The molecule has 1 N–H and O–H groups in total. The van der Waals surface area contributed by atoms with Gasteiger partial charge in [-0.25, -0.2) is 9.59 Å². The topological polar surface area (TPSA) is 84.4 Å². The minimum atomic E-state index is -0.594. The van der Waals surface area contributed by atoms with Crippen molar-refractivity contribution in [1.29, 1.82) is 0 Å². The molecule has 1 heterocycles. The molecule has 1 aromatic heterocycles. The first-order chi connectivity index (χ1) is 13.9. The van der Waals surface area contributed by atoms with Crippen LogP contribution in [0.2, 0.25) is 0 Å². The number of H-pyrrole nitrogens is 1. The lowest BCUT2D eigenvalue weighted by Crippen LogP contribution is -2.33. The SMILES string of the molecule is Cc1c[nH]c(=O)n1-c1ccc(C(=O)OCC(=O)N(C)C(C)c2ccccc2)cc1. The highest BCUT2D eigenvalue weighted by Gasteiger charge is 2.19. The predicted octanol–water partition coefficient (Wildman–Crippen LogP) is 2.85. The second-order valence-corrected chi connectivity index (χ2v) is 6.78. The van der Waals surface area contributed by atoms with E-state index in [-0.39, 0.29) is 24.2 Å². The molecule has 0 fully saturated rings. The molecule has 0 saturated carbocycles. The molecule has 29 heavy (non-hydrogen) atoms. The molecule has 0 bridgehead atoms. The van der Waals surface area contributed by atoms with Gasteiger partial charge in [0.05, 0.1) is 17.3 Å². The van der Waals surface area contributed by atoms with Crippen LogP contribution >= 0.6 is 0 Å². The number of carbonyl (C=O) groups excluding carboxylic acids is 2. The molecular weight excluding hydrogens is 370 g/mol. The van der Waals surface area contributed by atoms with Crippen LogP contribution in [-0.4, -0.2) is 40.0 Å². The number of carbonyl (C=O) groups is 2. The normalized spacial score (nSPS) is 11.7. The maximum absolute atomic E-state index is 12.4. The summed E-state index contributed by atoms with van der Waals surface area (Å²) in [7, 11) is 1.68. The van der Waals surface area contributed by atoms with Crippen LogP contribution in [0.25, 0.3) is 5.69 Å². The summed E-state index contributed by atoms with van der Waals surface area (Å²) < 4.78 is 6.67. The van der Waals surface area contributed by atoms with Crippen LogP contribution < -0.4 is 5.69 Å². The summed E-state index contributed by atoms with van der Waals surface area (Å²) in [4.78, 5) is 40.7. The standard InChI is InChI=1S/C22H23N3O4/c1-15-13-23-22(28)25(15)19-11-9-18(10-12-19)21(27)29-14-20(26)24(3)16(2)17-7-5-4-6-8-17/h4-13,16H,14H2,1-3H3,(H,23,28). The Kier molecular flexibility index (Phi) is 5.97. The molecular formula is C22H23N3O4. The molecule has 0 aliphatic heterocycles. The van der Waals surface area contributed by atoms with Crippen molar-refractivity contribution in [3.63, 3.8) is 0 Å². The Morgan fingerprint density at radius 2 is 1.76 bits per heavy atom. The molecule has 0 aliphatic rings. The third-order valence-electron chi connectivity index (χ3n) is 4.90. The molecule has 3 rings (SSSR count). The average Bonchev–Trinajstić information content (AvgIpc) is 3.09. The van der Waals surface area contributed by atoms with Gasteiger partial charge in [-0.3, -0.25) is 9.36 Å². The number of hydrogen-bond acceptors (Lipinski definition) is 4. The number of esters is 1. The number of rotatable bonds is 6. The maximum atomic E-state index is 12.4. The van der Waals surface area contributed by atoms with Crippen molar-refractivity contribution >= 4 is 11.9 Å². The molecule has 0 spiro atoms. The molecule has 3 aromatic rings. The molecule has 7 nitrogen and oxygen atoms in total. The highest BCUT2D eigenvalue weighted by Crippen LogP contribution is 2.18. The van der Waals surface area contributed by atoms with Crippen LogP contribution in [0.1, 0.15) is 34.6 Å². The van der Waals surface area contributed by atoms with E-state index in [2.05, 4.69) is 4.98 Å². The first-order valence-electron chi connectivity index (χ1n) is 9.23. The summed E-state index contributed by atoms with van der Waals surface area (Å²) >= 11 is 0. The van der Waals surface area contributed by atoms with Gasteiger partial charge in [0.25, 0.3) is 5.91 Å². The van der Waals surface area contributed by atoms with Crippen molar-refractivity contribution < 1.29 is 14.3 Å². The van der Waals surface area contributed by atoms with Crippen LogP contribution in [0.4, 0.5) is 0 Å². The van der Waals surface area contributed by atoms with Crippen LogP contribution in [-0.2, 0) is 9.53 Å². The lowest BCUT2D eigenvalue weighted by Gasteiger charge is -2.25. The molecule has 7 heteroatoms. The van der Waals surface area contributed by atoms with Gasteiger partial charge >= 0.3 is 11.7 Å². The Balaban J connectivity index is 1.60. The third kappa shape index (κ3) is 4.45. The van der Waals surface area contributed by atoms with E-state index in [4.69, 9.17) is 4.74 Å². The number of nitrogens with one attached hydrogen (secondary N) is 1. The van der Waals surface area contributed by atoms with Crippen molar-refractivity contribution in [2.75, 3.05) is 13.7 Å². The summed E-state index contributed by atoms with van der Waals surface area (Å²) in [5.74, 6) is -0.885. The largest absolute Gasteiger partial charge is 0.452 e. The maximum Gasteiger partial charge on any atom is 0.338 e. The summed E-state index contributed by atoms with van der Waals surface area (Å²) in [5, 5.41) is 0. The number of benzene rings is 2. The Morgan fingerprint density at radius 3 is 2.34 bits per heavy atom. The van der Waals surface area contributed by atoms with Crippen LogP contribution in [0, 0.1) is 6.92 Å². The van der Waals surface area contributed by atoms with Crippen LogP contribution in [0.15, 0.2) is 65.6 Å². The molecule has 1 unspecified atom stereocenters. The van der Waals surface area contributed by atoms with Gasteiger partial charge < -0.3 is 14.6 Å². The fourth-order valence-corrected chi connectivity index (χ4v) is 3.01. The fraction of sp³-hybridized carbons (Fsp3) is 0.227. The molecule has 0 saturated heterocycles. The van der Waals surface area contributed by atoms with Gasteiger partial charge in [-0.1, -0.05) is 30.3 Å². The Hall–Kier alpha value is -3.61. The van der Waals surface area contributed by atoms with E-state index in [0.717, 1.165) is 11.3 Å². The van der Waals surface area contributed by atoms with E-state index in [1.165, 1.54) is 4.57 Å². The lowest BCUT2D eigenvalue weighted by molar-refractivity contribution is -0.135. The number of hydrogen-bond donors (Lipinski definition) is 1. The van der Waals surface area contributed by atoms with Gasteiger partial charge in [0, 0.05) is 18.9 Å². The van der Waals surface area contributed by atoms with Crippen molar-refractivity contribution in [3.8, 4) is 5.69 Å². The van der Waals surface area contributed by atoms with E-state index < -0.39 is 5.97 Å². The number of aromatic amines is 1. The summed E-state index contributed by atoms with van der Waals surface area (Å²) in [6, 6.07) is 15.9. The molecule has 1 atom stereocenters. The number of nitrogens with zero attached hydrogens (tertiary/aromatic N) is 2. The van der Waals surface area contributed by atoms with E-state index in [1.54, 1.807) is 49.3 Å². The van der Waals surface area contributed by atoms with Crippen molar-refractivity contribution in [1.82, 2.24) is 14.5 Å². The first-order valence-corrected chi connectivity index (χ1v) is 9.23. The van der Waals surface area contributed by atoms with Crippen molar-refractivity contribution in [2.24, 2.45) is 0 Å². The molecule has 1 amide bonds. The summed E-state index contributed by atoms with van der Waals surface area (Å²) in [5.41, 5.74) is 2.45. The minimum absolute atomic E-state index is 0.135. The number of ether oxygens (including phenoxy) is 1. The molecule has 150 valence electrons. The zero-order valence-electron chi connectivity index (χ0n) is 16.6. The molecule has 2 aromatic carbocycles. The van der Waals surface area contributed by atoms with Gasteiger partial charge in [0.15, 0.2) is 6.61 Å². The fourth-order valence-electron chi connectivity index (χ4n) is 3.01.